The SMILES string of the molecule is CC(C)CCCCCCCCCCCCCCCCCCC(=O)OC[C@H](COC(=O)CCCCCCCCC(C)C)OC(=O)CCCCCCCCCCCCCCCCCCC(C)C. The van der Waals surface area contributed by atoms with Crippen LogP contribution in [-0.4, -0.2) is 37.2 Å². The highest BCUT2D eigenvalue weighted by Gasteiger charge is 2.19. The Morgan fingerprint density at radius 2 is 0.446 bits per heavy atom. The number of hydrogen-bond acceptors (Lipinski definition) is 6. The number of esters is 3. The van der Waals surface area contributed by atoms with Crippen LogP contribution < -0.4 is 0 Å². The zero-order chi connectivity index (χ0) is 47.7. The second-order valence-electron chi connectivity index (χ2n) is 21.7. The molecule has 0 fully saturated rings. The molecule has 0 aromatic carbocycles. The van der Waals surface area contributed by atoms with Gasteiger partial charge in [0, 0.05) is 19.3 Å². The first-order chi connectivity index (χ1) is 31.6. The van der Waals surface area contributed by atoms with E-state index in [9.17, 15) is 14.4 Å². The van der Waals surface area contributed by atoms with E-state index < -0.39 is 6.10 Å². The fraction of sp³-hybridized carbons (Fsp3) is 0.949. The van der Waals surface area contributed by atoms with Gasteiger partial charge in [-0.3, -0.25) is 14.4 Å². The van der Waals surface area contributed by atoms with Gasteiger partial charge in [0.1, 0.15) is 13.2 Å². The maximum Gasteiger partial charge on any atom is 0.306 e. The Balaban J connectivity index is 4.20. The predicted molar refractivity (Wildman–Crippen MR) is 279 cm³/mol. The third-order valence-corrected chi connectivity index (χ3v) is 13.4. The molecule has 0 aliphatic rings. The first-order valence-corrected chi connectivity index (χ1v) is 29.1. The fourth-order valence-electron chi connectivity index (χ4n) is 9.00. The summed E-state index contributed by atoms with van der Waals surface area (Å²) in [6, 6.07) is 0. The molecule has 6 nitrogen and oxygen atoms in total. The normalized spacial score (nSPS) is 12.1. The second kappa shape index (κ2) is 50.3. The van der Waals surface area contributed by atoms with Crippen molar-refractivity contribution in [1.82, 2.24) is 0 Å². The maximum absolute atomic E-state index is 12.8. The first kappa shape index (κ1) is 63.4. The summed E-state index contributed by atoms with van der Waals surface area (Å²) in [7, 11) is 0. The highest BCUT2D eigenvalue weighted by Crippen LogP contribution is 2.18. The molecule has 0 aliphatic heterocycles. The molecule has 386 valence electrons. The lowest BCUT2D eigenvalue weighted by atomic mass is 10.0. The maximum atomic E-state index is 12.8. The Morgan fingerprint density at radius 3 is 0.662 bits per heavy atom. The van der Waals surface area contributed by atoms with Crippen LogP contribution in [0.5, 0.6) is 0 Å². The van der Waals surface area contributed by atoms with Crippen LogP contribution in [0.15, 0.2) is 0 Å². The van der Waals surface area contributed by atoms with Crippen molar-refractivity contribution in [3.05, 3.63) is 0 Å². The van der Waals surface area contributed by atoms with Crippen molar-refractivity contribution in [2.45, 2.75) is 330 Å². The van der Waals surface area contributed by atoms with E-state index in [0.717, 1.165) is 75.5 Å². The van der Waals surface area contributed by atoms with E-state index in [1.165, 1.54) is 205 Å². The third-order valence-electron chi connectivity index (χ3n) is 13.4. The Labute approximate surface area is 406 Å². The van der Waals surface area contributed by atoms with Crippen molar-refractivity contribution >= 4 is 17.9 Å². The van der Waals surface area contributed by atoms with Gasteiger partial charge < -0.3 is 14.2 Å². The van der Waals surface area contributed by atoms with Crippen molar-refractivity contribution in [3.8, 4) is 0 Å². The summed E-state index contributed by atoms with van der Waals surface area (Å²) in [6.07, 6.45) is 52.6. The monoisotopic (exact) mass is 919 g/mol. The summed E-state index contributed by atoms with van der Waals surface area (Å²) >= 11 is 0. The summed E-state index contributed by atoms with van der Waals surface area (Å²) in [5.41, 5.74) is 0. The summed E-state index contributed by atoms with van der Waals surface area (Å²) in [5.74, 6) is 1.62. The number of hydrogen-bond donors (Lipinski definition) is 0. The Kier molecular flexibility index (Phi) is 49.1. The lowest BCUT2D eigenvalue weighted by molar-refractivity contribution is -0.167. The van der Waals surface area contributed by atoms with Crippen LogP contribution in [0.2, 0.25) is 0 Å². The standard InChI is InChI=1S/C59H114O6/c1-53(2)45-39-33-27-23-19-15-11-7-9-13-17-21-25-29-36-42-48-57(60)63-51-56(52-64-58(61)49-43-37-32-31-35-41-47-55(5)6)65-59(62)50-44-38-30-26-22-18-14-10-8-12-16-20-24-28-34-40-46-54(3)4/h53-56H,7-52H2,1-6H3/t56-/m1/s1. The van der Waals surface area contributed by atoms with Crippen LogP contribution in [0.3, 0.4) is 0 Å². The average Bonchev–Trinajstić information content (AvgIpc) is 3.26. The summed E-state index contributed by atoms with van der Waals surface area (Å²) in [4.78, 5) is 38.1. The van der Waals surface area contributed by atoms with Gasteiger partial charge >= 0.3 is 17.9 Å². The fourth-order valence-corrected chi connectivity index (χ4v) is 9.00. The molecule has 1 atom stereocenters. The van der Waals surface area contributed by atoms with Gasteiger partial charge in [0.05, 0.1) is 0 Å². The molecule has 0 saturated carbocycles. The van der Waals surface area contributed by atoms with E-state index in [1.807, 2.05) is 0 Å². The lowest BCUT2D eigenvalue weighted by Crippen LogP contribution is -2.30. The highest BCUT2D eigenvalue weighted by molar-refractivity contribution is 5.71. The molecule has 0 amide bonds. The van der Waals surface area contributed by atoms with Crippen molar-refractivity contribution in [1.29, 1.82) is 0 Å². The molecule has 0 aromatic heterocycles. The molecule has 0 rings (SSSR count). The number of carbonyl (C=O) groups is 3. The Hall–Kier alpha value is -1.59. The molecule has 0 bridgehead atoms. The van der Waals surface area contributed by atoms with Crippen molar-refractivity contribution < 1.29 is 28.6 Å². The smallest absolute Gasteiger partial charge is 0.306 e. The number of carbonyl (C=O) groups excluding carboxylic acids is 3. The van der Waals surface area contributed by atoms with Crippen LogP contribution in [0.25, 0.3) is 0 Å². The summed E-state index contributed by atoms with van der Waals surface area (Å²) < 4.78 is 16.9. The van der Waals surface area contributed by atoms with E-state index in [2.05, 4.69) is 41.5 Å². The zero-order valence-corrected chi connectivity index (χ0v) is 44.8. The molecule has 0 heterocycles. The lowest BCUT2D eigenvalue weighted by Gasteiger charge is -2.18. The molecule has 0 aliphatic carbocycles. The predicted octanol–water partition coefficient (Wildman–Crippen LogP) is 19.1. The van der Waals surface area contributed by atoms with Gasteiger partial charge in [-0.1, -0.05) is 286 Å². The molecule has 0 aromatic rings. The van der Waals surface area contributed by atoms with Crippen LogP contribution in [0.4, 0.5) is 0 Å². The van der Waals surface area contributed by atoms with E-state index in [1.54, 1.807) is 0 Å². The quantitative estimate of drug-likeness (QED) is 0.0344. The molecule has 0 spiro atoms. The minimum atomic E-state index is -0.764. The van der Waals surface area contributed by atoms with E-state index in [0.29, 0.717) is 19.3 Å². The number of rotatable bonds is 52. The van der Waals surface area contributed by atoms with Gasteiger partial charge in [-0.2, -0.15) is 0 Å². The summed E-state index contributed by atoms with van der Waals surface area (Å²) in [6.45, 7) is 13.7. The molecular formula is C59H114O6. The van der Waals surface area contributed by atoms with Crippen LogP contribution in [0.1, 0.15) is 324 Å². The first-order valence-electron chi connectivity index (χ1n) is 29.1. The van der Waals surface area contributed by atoms with Gasteiger partial charge in [0.2, 0.25) is 0 Å². The molecule has 0 N–H and O–H groups in total. The second-order valence-corrected chi connectivity index (χ2v) is 21.7. The minimum Gasteiger partial charge on any atom is -0.462 e. The van der Waals surface area contributed by atoms with Gasteiger partial charge in [-0.05, 0) is 37.0 Å². The van der Waals surface area contributed by atoms with Crippen molar-refractivity contribution in [3.63, 3.8) is 0 Å². The van der Waals surface area contributed by atoms with Gasteiger partial charge in [0.25, 0.3) is 0 Å². The number of ether oxygens (including phenoxy) is 3. The molecule has 0 radical (unpaired) electrons. The summed E-state index contributed by atoms with van der Waals surface area (Å²) in [5, 5.41) is 0. The van der Waals surface area contributed by atoms with Crippen molar-refractivity contribution in [2.75, 3.05) is 13.2 Å². The van der Waals surface area contributed by atoms with Crippen LogP contribution in [-0.2, 0) is 28.6 Å². The third kappa shape index (κ3) is 53.2. The van der Waals surface area contributed by atoms with Gasteiger partial charge in [-0.15, -0.1) is 0 Å². The van der Waals surface area contributed by atoms with Gasteiger partial charge in [-0.25, -0.2) is 0 Å². The Bertz CT molecular complexity index is 1010. The van der Waals surface area contributed by atoms with Crippen molar-refractivity contribution in [2.24, 2.45) is 17.8 Å². The minimum absolute atomic E-state index is 0.0642. The van der Waals surface area contributed by atoms with E-state index in [-0.39, 0.29) is 31.1 Å². The molecule has 6 heteroatoms. The molecular weight excluding hydrogens is 805 g/mol. The molecule has 0 unspecified atom stereocenters. The van der Waals surface area contributed by atoms with Crippen LogP contribution in [0, 0.1) is 17.8 Å². The van der Waals surface area contributed by atoms with E-state index >= 15 is 0 Å². The van der Waals surface area contributed by atoms with Crippen LogP contribution >= 0.6 is 0 Å². The molecule has 65 heavy (non-hydrogen) atoms. The average molecular weight is 920 g/mol. The highest BCUT2D eigenvalue weighted by atomic mass is 16.6. The van der Waals surface area contributed by atoms with Gasteiger partial charge in [0.15, 0.2) is 6.10 Å². The largest absolute Gasteiger partial charge is 0.462 e. The Morgan fingerprint density at radius 1 is 0.262 bits per heavy atom. The molecule has 0 saturated heterocycles. The number of unbranched alkanes of at least 4 members (excludes halogenated alkanes) is 35. The topological polar surface area (TPSA) is 78.9 Å². The zero-order valence-electron chi connectivity index (χ0n) is 44.8. The van der Waals surface area contributed by atoms with E-state index in [4.69, 9.17) is 14.2 Å².